The smallest absolute Gasteiger partial charge is 0.215 e. The van der Waals surface area contributed by atoms with Gasteiger partial charge in [-0.05, 0) is 59.5 Å². The van der Waals surface area contributed by atoms with Crippen molar-refractivity contribution in [3.63, 3.8) is 0 Å². The molecule has 0 atom stereocenters. The lowest BCUT2D eigenvalue weighted by atomic mass is 10.1. The predicted octanol–water partition coefficient (Wildman–Crippen LogP) is 4.78. The minimum Gasteiger partial charge on any atom is -0.299 e. The van der Waals surface area contributed by atoms with Crippen LogP contribution >= 0.6 is 22.6 Å². The third-order valence-corrected chi connectivity index (χ3v) is 4.85. The van der Waals surface area contributed by atoms with E-state index in [2.05, 4.69) is 53.8 Å². The van der Waals surface area contributed by atoms with Crippen LogP contribution < -0.4 is 0 Å². The fourth-order valence-corrected chi connectivity index (χ4v) is 3.20. The summed E-state index contributed by atoms with van der Waals surface area (Å²) in [4.78, 5) is 18.3. The summed E-state index contributed by atoms with van der Waals surface area (Å²) in [6, 6.07) is 8.76. The van der Waals surface area contributed by atoms with Crippen molar-refractivity contribution in [2.24, 2.45) is 4.99 Å². The topological polar surface area (TPSA) is 32.7 Å². The summed E-state index contributed by atoms with van der Waals surface area (Å²) in [6.07, 6.45) is 8.94. The summed E-state index contributed by atoms with van der Waals surface area (Å²) >= 11 is 2.30. The number of nitrogens with zero attached hydrogens (tertiary/aromatic N) is 2. The van der Waals surface area contributed by atoms with E-state index in [1.807, 2.05) is 0 Å². The van der Waals surface area contributed by atoms with E-state index in [-0.39, 0.29) is 0 Å². The zero-order chi connectivity index (χ0) is 15.8. The van der Waals surface area contributed by atoms with E-state index in [0.717, 1.165) is 37.1 Å². The number of carbonyl (C=O) groups is 1. The van der Waals surface area contributed by atoms with E-state index in [1.54, 1.807) is 4.90 Å². The van der Waals surface area contributed by atoms with Gasteiger partial charge in [-0.3, -0.25) is 14.7 Å². The first kappa shape index (κ1) is 17.4. The number of rotatable bonds is 7. The van der Waals surface area contributed by atoms with Crippen molar-refractivity contribution in [2.75, 3.05) is 0 Å². The maximum atomic E-state index is 11.6. The van der Waals surface area contributed by atoms with E-state index in [1.165, 1.54) is 29.3 Å². The van der Waals surface area contributed by atoms with Gasteiger partial charge in [-0.1, -0.05) is 38.3 Å². The van der Waals surface area contributed by atoms with Crippen molar-refractivity contribution in [3.05, 3.63) is 33.4 Å². The Kier molecular flexibility index (Phi) is 7.36. The number of hydrogen-bond donors (Lipinski definition) is 0. The van der Waals surface area contributed by atoms with Crippen molar-refractivity contribution in [2.45, 2.75) is 64.5 Å². The first-order chi connectivity index (χ1) is 10.7. The molecule has 1 aromatic carbocycles. The number of aliphatic imine (C=N–C) groups is 1. The summed E-state index contributed by atoms with van der Waals surface area (Å²) in [6.45, 7) is 2.80. The van der Waals surface area contributed by atoms with Gasteiger partial charge in [0.1, 0.15) is 5.84 Å². The summed E-state index contributed by atoms with van der Waals surface area (Å²) in [5.74, 6) is 0.974. The molecule has 0 spiro atoms. The molecule has 0 aliphatic heterocycles. The molecular formula is C18H25IN2O. The number of unbranched alkanes of at least 4 members (excludes halogenated alkanes) is 1. The van der Waals surface area contributed by atoms with Gasteiger partial charge in [0.25, 0.3) is 0 Å². The second-order valence-electron chi connectivity index (χ2n) is 5.95. The quantitative estimate of drug-likeness (QED) is 0.275. The average molecular weight is 412 g/mol. The van der Waals surface area contributed by atoms with E-state index < -0.39 is 0 Å². The molecule has 1 amide bonds. The monoisotopic (exact) mass is 412 g/mol. The highest BCUT2D eigenvalue weighted by Gasteiger charge is 2.17. The Hall–Kier alpha value is -0.910. The Morgan fingerprint density at radius 2 is 2.00 bits per heavy atom. The number of benzene rings is 1. The molecule has 120 valence electrons. The van der Waals surface area contributed by atoms with Crippen LogP contribution in [0.5, 0.6) is 0 Å². The fraction of sp³-hybridized carbons (Fsp3) is 0.556. The van der Waals surface area contributed by atoms with Crippen LogP contribution in [-0.4, -0.2) is 23.2 Å². The summed E-state index contributed by atoms with van der Waals surface area (Å²) in [5, 5.41) is 0. The van der Waals surface area contributed by atoms with E-state index in [9.17, 15) is 4.79 Å². The molecule has 22 heavy (non-hydrogen) atoms. The third-order valence-electron chi connectivity index (χ3n) is 4.14. The lowest BCUT2D eigenvalue weighted by molar-refractivity contribution is -0.115. The minimum absolute atomic E-state index is 0.422. The highest BCUT2D eigenvalue weighted by Crippen LogP contribution is 2.22. The van der Waals surface area contributed by atoms with E-state index >= 15 is 0 Å². The van der Waals surface area contributed by atoms with Gasteiger partial charge in [-0.25, -0.2) is 0 Å². The van der Waals surface area contributed by atoms with Crippen molar-refractivity contribution in [3.8, 4) is 0 Å². The molecule has 0 N–H and O–H groups in total. The number of amides is 1. The van der Waals surface area contributed by atoms with Gasteiger partial charge in [0, 0.05) is 9.99 Å². The van der Waals surface area contributed by atoms with Gasteiger partial charge >= 0.3 is 0 Å². The van der Waals surface area contributed by atoms with Crippen LogP contribution in [0.15, 0.2) is 29.3 Å². The second kappa shape index (κ2) is 9.28. The maximum Gasteiger partial charge on any atom is 0.215 e. The van der Waals surface area contributed by atoms with Gasteiger partial charge in [0.2, 0.25) is 6.41 Å². The molecule has 0 unspecified atom stereocenters. The van der Waals surface area contributed by atoms with Crippen LogP contribution in [-0.2, 0) is 11.3 Å². The molecular weight excluding hydrogens is 387 g/mol. The SMILES string of the molecule is CCCC/C(=N/C1CCCC1)N(C=O)Cc1ccc(I)cc1. The summed E-state index contributed by atoms with van der Waals surface area (Å²) < 4.78 is 1.21. The molecule has 1 saturated carbocycles. The number of carbonyl (C=O) groups excluding carboxylic acids is 1. The Labute approximate surface area is 147 Å². The molecule has 0 heterocycles. The Balaban J connectivity index is 2.10. The predicted molar refractivity (Wildman–Crippen MR) is 100.0 cm³/mol. The number of amidine groups is 1. The zero-order valence-corrected chi connectivity index (χ0v) is 15.5. The van der Waals surface area contributed by atoms with Crippen LogP contribution in [0.25, 0.3) is 0 Å². The van der Waals surface area contributed by atoms with Crippen molar-refractivity contribution < 1.29 is 4.79 Å². The molecule has 1 aliphatic rings. The standard InChI is InChI=1S/C18H25IN2O/c1-2-3-8-18(20-17-6-4-5-7-17)21(14-22)13-15-9-11-16(19)12-10-15/h9-12,14,17H,2-8,13H2,1H3/b20-18-. The highest BCUT2D eigenvalue weighted by molar-refractivity contribution is 14.1. The summed E-state index contributed by atoms with van der Waals surface area (Å²) in [5.41, 5.74) is 1.16. The number of hydrogen-bond acceptors (Lipinski definition) is 2. The van der Waals surface area contributed by atoms with Crippen LogP contribution in [0.1, 0.15) is 57.4 Å². The van der Waals surface area contributed by atoms with Crippen LogP contribution in [0.4, 0.5) is 0 Å². The second-order valence-corrected chi connectivity index (χ2v) is 7.19. The van der Waals surface area contributed by atoms with Crippen LogP contribution in [0.3, 0.4) is 0 Å². The summed E-state index contributed by atoms with van der Waals surface area (Å²) in [7, 11) is 0. The lowest BCUT2D eigenvalue weighted by Crippen LogP contribution is -2.30. The Morgan fingerprint density at radius 3 is 2.59 bits per heavy atom. The zero-order valence-electron chi connectivity index (χ0n) is 13.3. The van der Waals surface area contributed by atoms with E-state index in [4.69, 9.17) is 4.99 Å². The maximum absolute atomic E-state index is 11.6. The molecule has 2 rings (SSSR count). The van der Waals surface area contributed by atoms with Crippen molar-refractivity contribution in [1.29, 1.82) is 0 Å². The Bertz CT molecular complexity index is 492. The molecule has 1 aromatic rings. The largest absolute Gasteiger partial charge is 0.299 e. The fourth-order valence-electron chi connectivity index (χ4n) is 2.84. The molecule has 3 nitrogen and oxygen atoms in total. The third kappa shape index (κ3) is 5.38. The van der Waals surface area contributed by atoms with Gasteiger partial charge in [0.15, 0.2) is 0 Å². The van der Waals surface area contributed by atoms with Crippen LogP contribution in [0, 0.1) is 3.57 Å². The average Bonchev–Trinajstić information content (AvgIpc) is 3.04. The number of halogens is 1. The minimum atomic E-state index is 0.422. The van der Waals surface area contributed by atoms with Crippen molar-refractivity contribution >= 4 is 34.8 Å². The molecule has 0 aromatic heterocycles. The normalized spacial score (nSPS) is 16.0. The molecule has 1 fully saturated rings. The highest BCUT2D eigenvalue weighted by atomic mass is 127. The first-order valence-electron chi connectivity index (χ1n) is 8.26. The van der Waals surface area contributed by atoms with Crippen molar-refractivity contribution in [1.82, 2.24) is 4.90 Å². The molecule has 0 saturated heterocycles. The van der Waals surface area contributed by atoms with Gasteiger partial charge < -0.3 is 0 Å². The van der Waals surface area contributed by atoms with Gasteiger partial charge in [0.05, 0.1) is 12.6 Å². The van der Waals surface area contributed by atoms with Gasteiger partial charge in [-0.2, -0.15) is 0 Å². The molecule has 4 heteroatoms. The Morgan fingerprint density at radius 1 is 1.32 bits per heavy atom. The lowest BCUT2D eigenvalue weighted by Gasteiger charge is -2.21. The molecule has 0 bridgehead atoms. The van der Waals surface area contributed by atoms with Gasteiger partial charge in [-0.15, -0.1) is 0 Å². The first-order valence-corrected chi connectivity index (χ1v) is 9.34. The van der Waals surface area contributed by atoms with E-state index in [0.29, 0.717) is 12.6 Å². The molecule has 0 radical (unpaired) electrons. The van der Waals surface area contributed by atoms with Crippen LogP contribution in [0.2, 0.25) is 0 Å². The molecule has 1 aliphatic carbocycles.